The van der Waals surface area contributed by atoms with Crippen LogP contribution in [-0.2, 0) is 17.9 Å². The van der Waals surface area contributed by atoms with Crippen LogP contribution >= 0.6 is 11.3 Å². The van der Waals surface area contributed by atoms with Gasteiger partial charge >= 0.3 is 4.87 Å². The number of rotatable bonds is 3. The van der Waals surface area contributed by atoms with E-state index in [1.807, 2.05) is 0 Å². The average molecular weight is 174 g/mol. The fourth-order valence-electron chi connectivity index (χ4n) is 0.818. The molecule has 0 aromatic carbocycles. The van der Waals surface area contributed by atoms with Crippen molar-refractivity contribution >= 4 is 11.3 Å². The predicted octanol–water partition coefficient (Wildman–Crippen LogP) is 0.0415. The van der Waals surface area contributed by atoms with Crippen LogP contribution in [0.3, 0.4) is 0 Å². The van der Waals surface area contributed by atoms with Gasteiger partial charge in [-0.15, -0.1) is 0 Å². The van der Waals surface area contributed by atoms with Crippen LogP contribution in [0.1, 0.15) is 10.6 Å². The molecule has 0 bridgehead atoms. The Morgan fingerprint density at radius 1 is 1.73 bits per heavy atom. The maximum Gasteiger partial charge on any atom is 0.305 e. The zero-order valence-corrected chi connectivity index (χ0v) is 7.03. The SMILES string of the molecule is COCc1[nH]c(=O)sc1CN. The van der Waals surface area contributed by atoms with Gasteiger partial charge in [-0.25, -0.2) is 0 Å². The number of methoxy groups -OCH3 is 1. The molecule has 1 rings (SSSR count). The molecule has 62 valence electrons. The first-order chi connectivity index (χ1) is 5.27. The van der Waals surface area contributed by atoms with E-state index in [0.717, 1.165) is 21.9 Å². The van der Waals surface area contributed by atoms with Gasteiger partial charge in [0.2, 0.25) is 0 Å². The highest BCUT2D eigenvalue weighted by Crippen LogP contribution is 2.08. The van der Waals surface area contributed by atoms with E-state index in [9.17, 15) is 4.79 Å². The van der Waals surface area contributed by atoms with Crippen LogP contribution in [0, 0.1) is 0 Å². The first kappa shape index (κ1) is 8.45. The lowest BCUT2D eigenvalue weighted by molar-refractivity contribution is 0.181. The van der Waals surface area contributed by atoms with Crippen molar-refractivity contribution in [3.8, 4) is 0 Å². The van der Waals surface area contributed by atoms with Crippen LogP contribution in [0.15, 0.2) is 4.79 Å². The molecule has 3 N–H and O–H groups in total. The molecule has 0 spiro atoms. The number of nitrogens with one attached hydrogen (secondary N) is 1. The maximum absolute atomic E-state index is 10.8. The zero-order chi connectivity index (χ0) is 8.27. The molecule has 11 heavy (non-hydrogen) atoms. The minimum Gasteiger partial charge on any atom is -0.378 e. The number of hydrogen-bond donors (Lipinski definition) is 2. The van der Waals surface area contributed by atoms with Gasteiger partial charge in [-0.05, 0) is 0 Å². The summed E-state index contributed by atoms with van der Waals surface area (Å²) in [7, 11) is 1.58. The van der Waals surface area contributed by atoms with Gasteiger partial charge in [0.25, 0.3) is 0 Å². The van der Waals surface area contributed by atoms with E-state index in [1.54, 1.807) is 7.11 Å². The van der Waals surface area contributed by atoms with Gasteiger partial charge in [-0.2, -0.15) is 0 Å². The molecule has 5 heteroatoms. The minimum atomic E-state index is -0.0718. The molecule has 0 aliphatic heterocycles. The summed E-state index contributed by atoms with van der Waals surface area (Å²) in [5.41, 5.74) is 6.19. The third kappa shape index (κ3) is 1.89. The third-order valence-corrected chi connectivity index (χ3v) is 2.23. The zero-order valence-electron chi connectivity index (χ0n) is 6.22. The summed E-state index contributed by atoms with van der Waals surface area (Å²) < 4.78 is 4.86. The first-order valence-electron chi connectivity index (χ1n) is 3.17. The molecule has 0 radical (unpaired) electrons. The first-order valence-corrected chi connectivity index (χ1v) is 3.99. The van der Waals surface area contributed by atoms with Gasteiger partial charge in [0, 0.05) is 18.5 Å². The van der Waals surface area contributed by atoms with Crippen molar-refractivity contribution in [2.75, 3.05) is 7.11 Å². The number of nitrogens with two attached hydrogens (primary N) is 1. The highest BCUT2D eigenvalue weighted by atomic mass is 32.1. The van der Waals surface area contributed by atoms with Crippen molar-refractivity contribution in [3.05, 3.63) is 20.2 Å². The molecule has 1 heterocycles. The average Bonchev–Trinajstić information content (AvgIpc) is 2.32. The molecule has 0 unspecified atom stereocenters. The third-order valence-electron chi connectivity index (χ3n) is 1.28. The number of aromatic amines is 1. The molecule has 4 nitrogen and oxygen atoms in total. The Balaban J connectivity index is 2.92. The second kappa shape index (κ2) is 3.66. The monoisotopic (exact) mass is 174 g/mol. The minimum absolute atomic E-state index is 0.0718. The molecular weight excluding hydrogens is 164 g/mol. The number of aromatic nitrogens is 1. The predicted molar refractivity (Wildman–Crippen MR) is 43.5 cm³/mol. The lowest BCUT2D eigenvalue weighted by Gasteiger charge is -1.96. The largest absolute Gasteiger partial charge is 0.378 e. The summed E-state index contributed by atoms with van der Waals surface area (Å²) in [5.74, 6) is 0. The molecule has 0 saturated carbocycles. The van der Waals surface area contributed by atoms with Crippen molar-refractivity contribution in [1.82, 2.24) is 4.98 Å². The van der Waals surface area contributed by atoms with Gasteiger partial charge < -0.3 is 15.5 Å². The van der Waals surface area contributed by atoms with Gasteiger partial charge in [-0.3, -0.25) is 4.79 Å². The molecule has 0 amide bonds. The van der Waals surface area contributed by atoms with E-state index in [0.29, 0.717) is 13.2 Å². The van der Waals surface area contributed by atoms with Crippen LogP contribution in [0.25, 0.3) is 0 Å². The Morgan fingerprint density at radius 2 is 2.45 bits per heavy atom. The Bertz CT molecular complexity index is 278. The summed E-state index contributed by atoms with van der Waals surface area (Å²) in [6.07, 6.45) is 0. The fraction of sp³-hybridized carbons (Fsp3) is 0.500. The van der Waals surface area contributed by atoms with Crippen LogP contribution in [0.5, 0.6) is 0 Å². The van der Waals surface area contributed by atoms with Gasteiger partial charge in [-0.1, -0.05) is 11.3 Å². The Kier molecular flexibility index (Phi) is 2.81. The quantitative estimate of drug-likeness (QED) is 0.680. The van der Waals surface area contributed by atoms with E-state index in [-0.39, 0.29) is 4.87 Å². The molecule has 1 aromatic rings. The summed E-state index contributed by atoms with van der Waals surface area (Å²) in [6, 6.07) is 0. The summed E-state index contributed by atoms with van der Waals surface area (Å²) in [5, 5.41) is 0. The topological polar surface area (TPSA) is 68.1 Å². The fourth-order valence-corrected chi connectivity index (χ4v) is 1.53. The molecule has 0 aliphatic carbocycles. The maximum atomic E-state index is 10.8. The van der Waals surface area contributed by atoms with Gasteiger partial charge in [0.1, 0.15) is 0 Å². The number of hydrogen-bond acceptors (Lipinski definition) is 4. The van der Waals surface area contributed by atoms with E-state index in [4.69, 9.17) is 10.5 Å². The Labute approximate surface area is 68.0 Å². The highest BCUT2D eigenvalue weighted by Gasteiger charge is 2.04. The van der Waals surface area contributed by atoms with Crippen molar-refractivity contribution in [2.45, 2.75) is 13.2 Å². The summed E-state index contributed by atoms with van der Waals surface area (Å²) >= 11 is 1.14. The number of thiazole rings is 1. The molecular formula is C6H10N2O2S. The smallest absolute Gasteiger partial charge is 0.305 e. The Morgan fingerprint density at radius 3 is 3.00 bits per heavy atom. The Hall–Kier alpha value is -0.650. The van der Waals surface area contributed by atoms with E-state index in [1.165, 1.54) is 0 Å². The van der Waals surface area contributed by atoms with Crippen molar-refractivity contribution in [1.29, 1.82) is 0 Å². The second-order valence-corrected chi connectivity index (χ2v) is 3.12. The summed E-state index contributed by atoms with van der Waals surface area (Å²) in [4.78, 5) is 14.3. The van der Waals surface area contributed by atoms with Gasteiger partial charge in [0.15, 0.2) is 0 Å². The van der Waals surface area contributed by atoms with Crippen LogP contribution < -0.4 is 10.6 Å². The van der Waals surface area contributed by atoms with E-state index < -0.39 is 0 Å². The standard InChI is InChI=1S/C6H10N2O2S/c1-10-3-4-5(2-7)11-6(9)8-4/h2-3,7H2,1H3,(H,8,9). The second-order valence-electron chi connectivity index (χ2n) is 2.05. The van der Waals surface area contributed by atoms with Crippen LogP contribution in [0.4, 0.5) is 0 Å². The van der Waals surface area contributed by atoms with Crippen LogP contribution in [0.2, 0.25) is 0 Å². The lowest BCUT2D eigenvalue weighted by Crippen LogP contribution is -2.00. The molecule has 0 saturated heterocycles. The van der Waals surface area contributed by atoms with Crippen molar-refractivity contribution in [2.24, 2.45) is 5.73 Å². The molecule has 0 aliphatic rings. The van der Waals surface area contributed by atoms with Crippen LogP contribution in [-0.4, -0.2) is 12.1 Å². The number of ether oxygens (including phenoxy) is 1. The molecule has 0 fully saturated rings. The lowest BCUT2D eigenvalue weighted by atomic mass is 10.4. The summed E-state index contributed by atoms with van der Waals surface area (Å²) in [6.45, 7) is 0.813. The normalized spacial score (nSPS) is 10.4. The highest BCUT2D eigenvalue weighted by molar-refractivity contribution is 7.09. The number of H-pyrrole nitrogens is 1. The van der Waals surface area contributed by atoms with Crippen molar-refractivity contribution in [3.63, 3.8) is 0 Å². The van der Waals surface area contributed by atoms with Crippen molar-refractivity contribution < 1.29 is 4.74 Å². The molecule has 1 aromatic heterocycles. The van der Waals surface area contributed by atoms with E-state index in [2.05, 4.69) is 4.98 Å². The van der Waals surface area contributed by atoms with Gasteiger partial charge in [0.05, 0.1) is 12.3 Å². The molecule has 0 atom stereocenters. The van der Waals surface area contributed by atoms with E-state index >= 15 is 0 Å².